The van der Waals surface area contributed by atoms with Crippen molar-refractivity contribution in [1.29, 1.82) is 0 Å². The lowest BCUT2D eigenvalue weighted by molar-refractivity contribution is -0.385. The summed E-state index contributed by atoms with van der Waals surface area (Å²) in [5, 5.41) is 13.6. The summed E-state index contributed by atoms with van der Waals surface area (Å²) in [4.78, 5) is 10.2. The molecule has 0 aliphatic heterocycles. The van der Waals surface area contributed by atoms with Crippen molar-refractivity contribution in [2.75, 3.05) is 13.6 Å². The van der Waals surface area contributed by atoms with Gasteiger partial charge in [-0.25, -0.2) is 13.1 Å². The van der Waals surface area contributed by atoms with E-state index in [9.17, 15) is 18.5 Å². The highest BCUT2D eigenvalue weighted by Crippen LogP contribution is 2.21. The molecule has 0 radical (unpaired) electrons. The molecule has 0 aliphatic rings. The van der Waals surface area contributed by atoms with Gasteiger partial charge in [0.05, 0.1) is 9.82 Å². The van der Waals surface area contributed by atoms with Crippen LogP contribution in [0, 0.1) is 17.0 Å². The number of nitrogens with one attached hydrogen (secondary N) is 2. The number of hydrogen-bond acceptors (Lipinski definition) is 5. The SMILES string of the molecule is CNC(C)CNS(=O)(=O)c1ccc([N+](=O)[O-])c(C)c1.Cl. The van der Waals surface area contributed by atoms with Crippen LogP contribution in [-0.2, 0) is 10.0 Å². The van der Waals surface area contributed by atoms with E-state index in [4.69, 9.17) is 0 Å². The first-order valence-corrected chi connectivity index (χ1v) is 7.18. The van der Waals surface area contributed by atoms with Crippen LogP contribution in [-0.4, -0.2) is 33.0 Å². The number of sulfonamides is 1. The number of aryl methyl sites for hydroxylation is 1. The number of nitro groups is 1. The number of likely N-dealkylation sites (N-methyl/N-ethyl adjacent to an activating group) is 1. The fraction of sp³-hybridized carbons (Fsp3) is 0.455. The lowest BCUT2D eigenvalue weighted by Crippen LogP contribution is -2.37. The third kappa shape index (κ3) is 4.71. The van der Waals surface area contributed by atoms with Crippen molar-refractivity contribution < 1.29 is 13.3 Å². The van der Waals surface area contributed by atoms with E-state index < -0.39 is 14.9 Å². The van der Waals surface area contributed by atoms with Gasteiger partial charge in [0, 0.05) is 24.2 Å². The van der Waals surface area contributed by atoms with Crippen molar-refractivity contribution >= 4 is 28.1 Å². The van der Waals surface area contributed by atoms with E-state index in [1.807, 2.05) is 6.92 Å². The van der Waals surface area contributed by atoms with Crippen LogP contribution in [0.5, 0.6) is 0 Å². The normalized spacial score (nSPS) is 12.6. The summed E-state index contributed by atoms with van der Waals surface area (Å²) in [7, 11) is -1.91. The van der Waals surface area contributed by atoms with Gasteiger partial charge in [-0.2, -0.15) is 0 Å². The Balaban J connectivity index is 0.00000361. The predicted molar refractivity (Wildman–Crippen MR) is 78.8 cm³/mol. The molecule has 1 unspecified atom stereocenters. The molecule has 0 amide bonds. The van der Waals surface area contributed by atoms with Crippen LogP contribution in [0.2, 0.25) is 0 Å². The van der Waals surface area contributed by atoms with Crippen molar-refractivity contribution in [3.8, 4) is 0 Å². The van der Waals surface area contributed by atoms with E-state index in [2.05, 4.69) is 10.0 Å². The molecule has 2 N–H and O–H groups in total. The van der Waals surface area contributed by atoms with Crippen molar-refractivity contribution in [1.82, 2.24) is 10.0 Å². The minimum absolute atomic E-state index is 0. The van der Waals surface area contributed by atoms with Gasteiger partial charge in [-0.1, -0.05) is 0 Å². The van der Waals surface area contributed by atoms with E-state index in [0.29, 0.717) is 5.56 Å². The van der Waals surface area contributed by atoms with E-state index in [-0.39, 0.29) is 35.6 Å². The lowest BCUT2D eigenvalue weighted by atomic mass is 10.2. The molecule has 0 heterocycles. The standard InChI is InChI=1S/C11H17N3O4S.ClH/c1-8-6-10(4-5-11(8)14(15)16)19(17,18)13-7-9(2)12-3;/h4-6,9,12-13H,7H2,1-3H3;1H. The van der Waals surface area contributed by atoms with Gasteiger partial charge in [0.15, 0.2) is 0 Å². The molecule has 0 saturated heterocycles. The molecule has 20 heavy (non-hydrogen) atoms. The van der Waals surface area contributed by atoms with E-state index in [1.165, 1.54) is 25.1 Å². The van der Waals surface area contributed by atoms with E-state index >= 15 is 0 Å². The number of hydrogen-bond donors (Lipinski definition) is 2. The molecule has 0 spiro atoms. The predicted octanol–water partition coefficient (Wildman–Crippen LogP) is 1.21. The molecule has 114 valence electrons. The molecule has 1 rings (SSSR count). The molecule has 0 bridgehead atoms. The third-order valence-electron chi connectivity index (χ3n) is 2.75. The Morgan fingerprint density at radius 1 is 1.40 bits per heavy atom. The topological polar surface area (TPSA) is 101 Å². The summed E-state index contributed by atoms with van der Waals surface area (Å²) in [5.41, 5.74) is 0.220. The molecule has 9 heteroatoms. The van der Waals surface area contributed by atoms with Crippen molar-refractivity contribution in [2.24, 2.45) is 0 Å². The van der Waals surface area contributed by atoms with E-state index in [1.54, 1.807) is 7.05 Å². The molecule has 0 aromatic heterocycles. The van der Waals surface area contributed by atoms with Gasteiger partial charge in [0.1, 0.15) is 0 Å². The van der Waals surface area contributed by atoms with Gasteiger partial charge in [-0.05, 0) is 33.0 Å². The van der Waals surface area contributed by atoms with Crippen molar-refractivity contribution in [3.05, 3.63) is 33.9 Å². The van der Waals surface area contributed by atoms with Gasteiger partial charge in [-0.3, -0.25) is 10.1 Å². The molecule has 1 atom stereocenters. The van der Waals surface area contributed by atoms with Crippen LogP contribution in [0.1, 0.15) is 12.5 Å². The van der Waals surface area contributed by atoms with Crippen LogP contribution in [0.25, 0.3) is 0 Å². The quantitative estimate of drug-likeness (QED) is 0.605. The highest BCUT2D eigenvalue weighted by Gasteiger charge is 2.18. The zero-order chi connectivity index (χ0) is 14.6. The molecule has 1 aromatic rings. The summed E-state index contributed by atoms with van der Waals surface area (Å²) in [6.07, 6.45) is 0. The van der Waals surface area contributed by atoms with Crippen LogP contribution in [0.4, 0.5) is 5.69 Å². The molecule has 1 aromatic carbocycles. The fourth-order valence-corrected chi connectivity index (χ4v) is 2.64. The Hall–Kier alpha value is -1.22. The first-order chi connectivity index (χ1) is 8.77. The van der Waals surface area contributed by atoms with Crippen molar-refractivity contribution in [2.45, 2.75) is 24.8 Å². The largest absolute Gasteiger partial charge is 0.316 e. The van der Waals surface area contributed by atoms with Gasteiger partial charge >= 0.3 is 0 Å². The number of benzene rings is 1. The molecule has 7 nitrogen and oxygen atoms in total. The fourth-order valence-electron chi connectivity index (χ4n) is 1.42. The van der Waals surface area contributed by atoms with Gasteiger partial charge in [0.25, 0.3) is 5.69 Å². The molecule has 0 fully saturated rings. The summed E-state index contributed by atoms with van der Waals surface area (Å²) >= 11 is 0. The lowest BCUT2D eigenvalue weighted by Gasteiger charge is -2.12. The van der Waals surface area contributed by atoms with Crippen LogP contribution >= 0.6 is 12.4 Å². The van der Waals surface area contributed by atoms with Gasteiger partial charge in [-0.15, -0.1) is 12.4 Å². The smallest absolute Gasteiger partial charge is 0.272 e. The zero-order valence-corrected chi connectivity index (χ0v) is 13.0. The number of nitrogens with zero attached hydrogens (tertiary/aromatic N) is 1. The Kier molecular flexibility index (Phi) is 7.07. The average Bonchev–Trinajstić information content (AvgIpc) is 2.35. The Morgan fingerprint density at radius 2 is 2.00 bits per heavy atom. The second kappa shape index (κ2) is 7.53. The maximum Gasteiger partial charge on any atom is 0.272 e. The van der Waals surface area contributed by atoms with E-state index in [0.717, 1.165) is 0 Å². The van der Waals surface area contributed by atoms with Crippen LogP contribution in [0.3, 0.4) is 0 Å². The number of rotatable bonds is 6. The first kappa shape index (κ1) is 18.8. The van der Waals surface area contributed by atoms with Crippen LogP contribution in [0.15, 0.2) is 23.1 Å². The monoisotopic (exact) mass is 323 g/mol. The van der Waals surface area contributed by atoms with Crippen LogP contribution < -0.4 is 10.0 Å². The molecule has 0 aliphatic carbocycles. The Morgan fingerprint density at radius 3 is 2.45 bits per heavy atom. The Labute approximate surface area is 124 Å². The highest BCUT2D eigenvalue weighted by molar-refractivity contribution is 7.89. The highest BCUT2D eigenvalue weighted by atomic mass is 35.5. The van der Waals surface area contributed by atoms with Crippen molar-refractivity contribution in [3.63, 3.8) is 0 Å². The second-order valence-electron chi connectivity index (χ2n) is 4.25. The summed E-state index contributed by atoms with van der Waals surface area (Å²) in [6.45, 7) is 3.59. The maximum absolute atomic E-state index is 12.0. The van der Waals surface area contributed by atoms with Gasteiger partial charge in [0.2, 0.25) is 10.0 Å². The number of nitro benzene ring substituents is 1. The maximum atomic E-state index is 12.0. The molecular formula is C11H18ClN3O4S. The minimum Gasteiger partial charge on any atom is -0.316 e. The third-order valence-corrected chi connectivity index (χ3v) is 4.17. The molecule has 0 saturated carbocycles. The first-order valence-electron chi connectivity index (χ1n) is 5.70. The summed E-state index contributed by atoms with van der Waals surface area (Å²) in [5.74, 6) is 0. The molecular weight excluding hydrogens is 306 g/mol. The minimum atomic E-state index is -3.64. The average molecular weight is 324 g/mol. The second-order valence-corrected chi connectivity index (χ2v) is 6.01. The summed E-state index contributed by atoms with van der Waals surface area (Å²) < 4.78 is 26.4. The Bertz CT molecular complexity index is 577. The number of halogens is 1. The zero-order valence-electron chi connectivity index (χ0n) is 11.4. The van der Waals surface area contributed by atoms with Gasteiger partial charge < -0.3 is 5.32 Å². The summed E-state index contributed by atoms with van der Waals surface area (Å²) in [6, 6.07) is 3.72.